The van der Waals surface area contributed by atoms with Crippen LogP contribution in [0.3, 0.4) is 0 Å². The van der Waals surface area contributed by atoms with Crippen molar-refractivity contribution in [3.63, 3.8) is 0 Å². The lowest BCUT2D eigenvalue weighted by Crippen LogP contribution is -2.56. The van der Waals surface area contributed by atoms with E-state index in [1.807, 2.05) is 44.2 Å². The molecule has 0 spiro atoms. The summed E-state index contributed by atoms with van der Waals surface area (Å²) in [4.78, 5) is 27.4. The third-order valence-corrected chi connectivity index (χ3v) is 7.16. The molecule has 190 valence electrons. The highest BCUT2D eigenvalue weighted by atomic mass is 16.5. The molecule has 0 radical (unpaired) electrons. The van der Waals surface area contributed by atoms with Crippen molar-refractivity contribution in [2.75, 3.05) is 20.8 Å². The lowest BCUT2D eigenvalue weighted by atomic mass is 9.98. The summed E-state index contributed by atoms with van der Waals surface area (Å²) in [6.07, 6.45) is 5.15. The van der Waals surface area contributed by atoms with Crippen LogP contribution in [0.2, 0.25) is 0 Å². The summed E-state index contributed by atoms with van der Waals surface area (Å²) in [5.41, 5.74) is 1.83. The van der Waals surface area contributed by atoms with Crippen LogP contribution in [0.4, 0.5) is 4.79 Å². The van der Waals surface area contributed by atoms with Crippen LogP contribution in [0, 0.1) is 6.92 Å². The Kier molecular flexibility index (Phi) is 9.01. The SMILES string of the molecule is COc1cc([C@@H](C)N(CCCCc2ccccc2)C(=O)NC2(C(=O)O)CCCC2)cc(OC)c1C. The number of aryl methyl sites for hydroxylation is 1. The molecular weight excluding hydrogens is 444 g/mol. The second-order valence-electron chi connectivity index (χ2n) is 9.39. The van der Waals surface area contributed by atoms with Crippen LogP contribution in [0.5, 0.6) is 11.5 Å². The van der Waals surface area contributed by atoms with E-state index in [1.165, 1.54) is 5.56 Å². The van der Waals surface area contributed by atoms with Crippen molar-refractivity contribution < 1.29 is 24.2 Å². The number of carboxylic acids is 1. The molecule has 7 heteroatoms. The molecule has 0 aliphatic heterocycles. The Hall–Kier alpha value is -3.22. The van der Waals surface area contributed by atoms with Gasteiger partial charge in [0.15, 0.2) is 0 Å². The first kappa shape index (κ1) is 26.4. The maximum Gasteiger partial charge on any atom is 0.329 e. The number of nitrogens with one attached hydrogen (secondary N) is 1. The van der Waals surface area contributed by atoms with Gasteiger partial charge in [0, 0.05) is 12.1 Å². The number of urea groups is 1. The lowest BCUT2D eigenvalue weighted by Gasteiger charge is -2.34. The summed E-state index contributed by atoms with van der Waals surface area (Å²) in [5.74, 6) is 0.417. The molecule has 2 amide bonds. The van der Waals surface area contributed by atoms with Crippen molar-refractivity contribution in [3.05, 3.63) is 59.2 Å². The number of carboxylic acid groups (broad SMARTS) is 1. The zero-order chi connectivity index (χ0) is 25.4. The van der Waals surface area contributed by atoms with E-state index in [1.54, 1.807) is 19.1 Å². The first-order valence-corrected chi connectivity index (χ1v) is 12.4. The van der Waals surface area contributed by atoms with Crippen LogP contribution in [0.1, 0.15) is 68.2 Å². The monoisotopic (exact) mass is 482 g/mol. The molecule has 0 bridgehead atoms. The average molecular weight is 483 g/mol. The van der Waals surface area contributed by atoms with Gasteiger partial charge in [0.25, 0.3) is 0 Å². The van der Waals surface area contributed by atoms with Crippen LogP contribution in [-0.4, -0.2) is 48.3 Å². The molecule has 0 aromatic heterocycles. The predicted octanol–water partition coefficient (Wildman–Crippen LogP) is 5.51. The smallest absolute Gasteiger partial charge is 0.329 e. The Bertz CT molecular complexity index is 977. The molecule has 1 saturated carbocycles. The topological polar surface area (TPSA) is 88.1 Å². The van der Waals surface area contributed by atoms with E-state index >= 15 is 0 Å². The largest absolute Gasteiger partial charge is 0.496 e. The predicted molar refractivity (Wildman–Crippen MR) is 136 cm³/mol. The summed E-state index contributed by atoms with van der Waals surface area (Å²) >= 11 is 0. The molecule has 0 heterocycles. The minimum Gasteiger partial charge on any atom is -0.496 e. The van der Waals surface area contributed by atoms with Crippen molar-refractivity contribution in [1.29, 1.82) is 0 Å². The van der Waals surface area contributed by atoms with E-state index in [9.17, 15) is 14.7 Å². The normalized spacial score (nSPS) is 15.3. The fourth-order valence-corrected chi connectivity index (χ4v) is 4.90. The minimum absolute atomic E-state index is 0.303. The molecule has 2 aromatic rings. The quantitative estimate of drug-likeness (QED) is 0.413. The molecule has 1 atom stereocenters. The first-order chi connectivity index (χ1) is 16.8. The Morgan fingerprint density at radius 3 is 2.20 bits per heavy atom. The molecule has 1 aliphatic carbocycles. The summed E-state index contributed by atoms with van der Waals surface area (Å²) in [6, 6.07) is 13.5. The molecule has 1 aliphatic rings. The second-order valence-corrected chi connectivity index (χ2v) is 9.39. The third kappa shape index (κ3) is 6.27. The molecule has 1 fully saturated rings. The van der Waals surface area contributed by atoms with Gasteiger partial charge in [-0.15, -0.1) is 0 Å². The van der Waals surface area contributed by atoms with Gasteiger partial charge in [0.2, 0.25) is 0 Å². The fourth-order valence-electron chi connectivity index (χ4n) is 4.90. The summed E-state index contributed by atoms with van der Waals surface area (Å²) in [7, 11) is 3.22. The van der Waals surface area contributed by atoms with Crippen molar-refractivity contribution in [2.45, 2.75) is 70.4 Å². The summed E-state index contributed by atoms with van der Waals surface area (Å²) in [6.45, 7) is 4.40. The Balaban J connectivity index is 1.82. The Morgan fingerprint density at radius 2 is 1.66 bits per heavy atom. The van der Waals surface area contributed by atoms with Gasteiger partial charge in [-0.3, -0.25) is 0 Å². The van der Waals surface area contributed by atoms with Gasteiger partial charge >= 0.3 is 12.0 Å². The Morgan fingerprint density at radius 1 is 1.06 bits per heavy atom. The number of hydrogen-bond acceptors (Lipinski definition) is 4. The highest BCUT2D eigenvalue weighted by Gasteiger charge is 2.43. The molecule has 35 heavy (non-hydrogen) atoms. The third-order valence-electron chi connectivity index (χ3n) is 7.16. The van der Waals surface area contributed by atoms with Gasteiger partial charge in [-0.25, -0.2) is 9.59 Å². The van der Waals surface area contributed by atoms with Gasteiger partial charge < -0.3 is 24.8 Å². The van der Waals surface area contributed by atoms with Gasteiger partial charge in [-0.05, 0) is 69.2 Å². The number of unbranched alkanes of at least 4 members (excludes halogenated alkanes) is 1. The molecule has 0 saturated heterocycles. The van der Waals surface area contributed by atoms with Gasteiger partial charge in [-0.1, -0.05) is 43.2 Å². The Labute approximate surface area is 208 Å². The fraction of sp³-hybridized carbons (Fsp3) is 0.500. The molecular formula is C28H38N2O5. The average Bonchev–Trinajstić information content (AvgIpc) is 3.34. The zero-order valence-electron chi connectivity index (χ0n) is 21.3. The highest BCUT2D eigenvalue weighted by molar-refractivity contribution is 5.86. The van der Waals surface area contributed by atoms with Crippen LogP contribution in [0.25, 0.3) is 0 Å². The summed E-state index contributed by atoms with van der Waals surface area (Å²) in [5, 5.41) is 12.8. The van der Waals surface area contributed by atoms with Crippen molar-refractivity contribution >= 4 is 12.0 Å². The van der Waals surface area contributed by atoms with Crippen molar-refractivity contribution in [3.8, 4) is 11.5 Å². The molecule has 7 nitrogen and oxygen atoms in total. The van der Waals surface area contributed by atoms with Crippen LogP contribution >= 0.6 is 0 Å². The number of amides is 2. The van der Waals surface area contributed by atoms with Crippen LogP contribution in [-0.2, 0) is 11.2 Å². The first-order valence-electron chi connectivity index (χ1n) is 12.4. The standard InChI is InChI=1S/C28H38N2O5/c1-20-24(34-3)18-23(19-25(20)35-4)21(2)30(17-11-8-14-22-12-6-5-7-13-22)27(33)29-28(26(31)32)15-9-10-16-28/h5-7,12-13,18-19,21H,8-11,14-17H2,1-4H3,(H,29,33)(H,31,32)/t21-/m1/s1. The number of rotatable bonds is 11. The summed E-state index contributed by atoms with van der Waals surface area (Å²) < 4.78 is 11.1. The maximum absolute atomic E-state index is 13.6. The molecule has 0 unspecified atom stereocenters. The number of hydrogen-bond donors (Lipinski definition) is 2. The van der Waals surface area contributed by atoms with Crippen molar-refractivity contribution in [1.82, 2.24) is 10.2 Å². The minimum atomic E-state index is -1.19. The highest BCUT2D eigenvalue weighted by Crippen LogP contribution is 2.35. The maximum atomic E-state index is 13.6. The number of benzene rings is 2. The number of methoxy groups -OCH3 is 2. The second kappa shape index (κ2) is 12.0. The van der Waals surface area contributed by atoms with Crippen LogP contribution < -0.4 is 14.8 Å². The number of nitrogens with zero attached hydrogens (tertiary/aromatic N) is 1. The van der Waals surface area contributed by atoms with E-state index in [4.69, 9.17) is 9.47 Å². The van der Waals surface area contributed by atoms with Crippen molar-refractivity contribution in [2.24, 2.45) is 0 Å². The van der Waals surface area contributed by atoms with E-state index < -0.39 is 11.5 Å². The van der Waals surface area contributed by atoms with E-state index in [0.29, 0.717) is 30.9 Å². The lowest BCUT2D eigenvalue weighted by molar-refractivity contribution is -0.144. The molecule has 2 N–H and O–H groups in total. The molecule has 3 rings (SSSR count). The van der Waals surface area contributed by atoms with E-state index in [0.717, 1.165) is 43.2 Å². The van der Waals surface area contributed by atoms with Gasteiger partial charge in [-0.2, -0.15) is 0 Å². The number of ether oxygens (including phenoxy) is 2. The van der Waals surface area contributed by atoms with Gasteiger partial charge in [0.1, 0.15) is 17.0 Å². The molecule has 2 aromatic carbocycles. The van der Waals surface area contributed by atoms with Gasteiger partial charge in [0.05, 0.1) is 20.3 Å². The zero-order valence-corrected chi connectivity index (χ0v) is 21.3. The number of carbonyl (C=O) groups is 2. The number of aliphatic carboxylic acids is 1. The van der Waals surface area contributed by atoms with Crippen LogP contribution in [0.15, 0.2) is 42.5 Å². The number of carbonyl (C=O) groups excluding carboxylic acids is 1. The van der Waals surface area contributed by atoms with E-state index in [2.05, 4.69) is 17.4 Å². The van der Waals surface area contributed by atoms with E-state index in [-0.39, 0.29) is 12.1 Å².